The number of benzene rings is 3. The summed E-state index contributed by atoms with van der Waals surface area (Å²) in [6.45, 7) is 3.25. The van der Waals surface area contributed by atoms with Crippen molar-refractivity contribution in [3.63, 3.8) is 0 Å². The lowest BCUT2D eigenvalue weighted by Gasteiger charge is -2.37. The van der Waals surface area contributed by atoms with Gasteiger partial charge in [0.2, 0.25) is 5.91 Å². The molecule has 0 unspecified atom stereocenters. The Kier molecular flexibility index (Phi) is 5.92. The summed E-state index contributed by atoms with van der Waals surface area (Å²) in [5.41, 5.74) is 3.32. The zero-order valence-corrected chi connectivity index (χ0v) is 16.5. The van der Waals surface area contributed by atoms with Gasteiger partial charge in [0.15, 0.2) is 0 Å². The zero-order chi connectivity index (χ0) is 20.1. The fraction of sp³-hybridized carbons (Fsp3) is 0.240. The Morgan fingerprint density at radius 1 is 0.966 bits per heavy atom. The van der Waals surface area contributed by atoms with Crippen LogP contribution < -0.4 is 4.74 Å². The van der Waals surface area contributed by atoms with E-state index >= 15 is 0 Å². The third-order valence-electron chi connectivity index (χ3n) is 5.34. The highest BCUT2D eigenvalue weighted by Crippen LogP contribution is 2.30. The summed E-state index contributed by atoms with van der Waals surface area (Å²) in [6.07, 6.45) is -0.137. The predicted octanol–water partition coefficient (Wildman–Crippen LogP) is 4.93. The fourth-order valence-electron chi connectivity index (χ4n) is 3.59. The number of rotatable bonds is 6. The first-order valence-corrected chi connectivity index (χ1v) is 9.93. The maximum Gasteiger partial charge on any atom is 0.249 e. The molecule has 4 rings (SSSR count). The molecule has 0 saturated carbocycles. The molecule has 1 aliphatic heterocycles. The van der Waals surface area contributed by atoms with Crippen LogP contribution in [0.4, 0.5) is 0 Å². The van der Waals surface area contributed by atoms with Gasteiger partial charge in [0.1, 0.15) is 25.1 Å². The highest BCUT2D eigenvalue weighted by Gasteiger charge is 2.31. The quantitative estimate of drug-likeness (QED) is 0.602. The molecular weight excluding hydrogens is 362 g/mol. The van der Waals surface area contributed by atoms with Crippen molar-refractivity contribution in [3.05, 3.63) is 102 Å². The first kappa shape index (κ1) is 19.2. The van der Waals surface area contributed by atoms with Crippen molar-refractivity contribution in [2.24, 2.45) is 0 Å². The third kappa shape index (κ3) is 4.66. The molecule has 29 heavy (non-hydrogen) atoms. The van der Waals surface area contributed by atoms with Crippen molar-refractivity contribution in [3.8, 4) is 5.75 Å². The lowest BCUT2D eigenvalue weighted by molar-refractivity contribution is -0.152. The number of hydrogen-bond donors (Lipinski definition) is 0. The van der Waals surface area contributed by atoms with Gasteiger partial charge in [-0.05, 0) is 35.7 Å². The van der Waals surface area contributed by atoms with Gasteiger partial charge in [-0.3, -0.25) is 4.79 Å². The number of nitrogens with zero attached hydrogens (tertiary/aromatic N) is 1. The normalized spacial score (nSPS) is 17.8. The number of hydrogen-bond acceptors (Lipinski definition) is 3. The lowest BCUT2D eigenvalue weighted by atomic mass is 10.0. The van der Waals surface area contributed by atoms with Crippen molar-refractivity contribution in [1.29, 1.82) is 0 Å². The van der Waals surface area contributed by atoms with E-state index in [1.807, 2.05) is 77.7 Å². The molecule has 1 heterocycles. The summed E-state index contributed by atoms with van der Waals surface area (Å²) in [5, 5.41) is 0. The third-order valence-corrected chi connectivity index (χ3v) is 5.34. The van der Waals surface area contributed by atoms with Crippen molar-refractivity contribution in [1.82, 2.24) is 4.90 Å². The van der Waals surface area contributed by atoms with Crippen LogP contribution >= 0.6 is 0 Å². The van der Waals surface area contributed by atoms with Crippen molar-refractivity contribution >= 4 is 5.91 Å². The van der Waals surface area contributed by atoms with Crippen molar-refractivity contribution in [2.45, 2.75) is 25.7 Å². The van der Waals surface area contributed by atoms with Crippen LogP contribution in [0, 0.1) is 0 Å². The maximum atomic E-state index is 12.4. The first-order valence-electron chi connectivity index (χ1n) is 9.93. The Morgan fingerprint density at radius 3 is 2.31 bits per heavy atom. The van der Waals surface area contributed by atoms with E-state index in [0.29, 0.717) is 13.2 Å². The van der Waals surface area contributed by atoms with Crippen molar-refractivity contribution in [2.75, 3.05) is 13.2 Å². The molecule has 0 aromatic heterocycles. The van der Waals surface area contributed by atoms with Gasteiger partial charge in [0.25, 0.3) is 0 Å². The molecule has 1 aliphatic rings. The molecule has 1 fully saturated rings. The van der Waals surface area contributed by atoms with Gasteiger partial charge in [-0.15, -0.1) is 0 Å². The minimum atomic E-state index is -0.137. The van der Waals surface area contributed by atoms with Gasteiger partial charge in [0, 0.05) is 0 Å². The monoisotopic (exact) mass is 387 g/mol. The molecule has 4 nitrogen and oxygen atoms in total. The highest BCUT2D eigenvalue weighted by molar-refractivity contribution is 5.78. The van der Waals surface area contributed by atoms with Crippen LogP contribution in [-0.2, 0) is 16.1 Å². The number of ether oxygens (including phenoxy) is 2. The summed E-state index contributed by atoms with van der Waals surface area (Å²) >= 11 is 0. The zero-order valence-electron chi connectivity index (χ0n) is 16.5. The van der Waals surface area contributed by atoms with E-state index in [2.05, 4.69) is 19.1 Å². The molecule has 0 N–H and O–H groups in total. The summed E-state index contributed by atoms with van der Waals surface area (Å²) in [7, 11) is 0. The molecular formula is C25H25NO3. The van der Waals surface area contributed by atoms with Crippen LogP contribution in [0.1, 0.15) is 35.8 Å². The van der Waals surface area contributed by atoms with E-state index in [1.54, 1.807) is 0 Å². The van der Waals surface area contributed by atoms with E-state index in [-0.39, 0.29) is 24.7 Å². The molecule has 2 atom stereocenters. The molecule has 3 aromatic carbocycles. The number of amides is 1. The molecule has 0 spiro atoms. The maximum absolute atomic E-state index is 12.4. The lowest BCUT2D eigenvalue weighted by Crippen LogP contribution is -2.44. The van der Waals surface area contributed by atoms with E-state index in [1.165, 1.54) is 0 Å². The van der Waals surface area contributed by atoms with Gasteiger partial charge >= 0.3 is 0 Å². The van der Waals surface area contributed by atoms with E-state index in [4.69, 9.17) is 9.47 Å². The Labute approximate surface area is 171 Å². The van der Waals surface area contributed by atoms with Gasteiger partial charge in [-0.2, -0.15) is 0 Å². The van der Waals surface area contributed by atoms with Gasteiger partial charge in [-0.25, -0.2) is 0 Å². The van der Waals surface area contributed by atoms with Crippen LogP contribution in [0.3, 0.4) is 0 Å². The van der Waals surface area contributed by atoms with Crippen LogP contribution in [0.25, 0.3) is 0 Å². The number of carbonyl (C=O) groups is 1. The molecule has 1 saturated heterocycles. The standard InChI is InChI=1S/C25H25NO3/c1-19(21-10-6-3-7-11-21)26-16-24(29-18-25(26)27)22-12-14-23(15-13-22)28-17-20-8-4-2-5-9-20/h2-15,19,24H,16-18H2,1H3/t19-,24+/m0/s1. The Hall–Kier alpha value is -3.11. The van der Waals surface area contributed by atoms with E-state index in [9.17, 15) is 4.79 Å². The highest BCUT2D eigenvalue weighted by atomic mass is 16.5. The molecule has 148 valence electrons. The molecule has 0 bridgehead atoms. The van der Waals surface area contributed by atoms with Gasteiger partial charge < -0.3 is 14.4 Å². The summed E-state index contributed by atoms with van der Waals surface area (Å²) < 4.78 is 11.7. The molecule has 1 amide bonds. The van der Waals surface area contributed by atoms with E-state index < -0.39 is 0 Å². The number of morpholine rings is 1. The fourth-order valence-corrected chi connectivity index (χ4v) is 3.59. The van der Waals surface area contributed by atoms with Gasteiger partial charge in [0.05, 0.1) is 12.6 Å². The Balaban J connectivity index is 1.41. The van der Waals surface area contributed by atoms with Crippen LogP contribution in [0.2, 0.25) is 0 Å². The second-order valence-electron chi connectivity index (χ2n) is 7.28. The Morgan fingerprint density at radius 2 is 1.62 bits per heavy atom. The second kappa shape index (κ2) is 8.93. The SMILES string of the molecule is C[C@@H](c1ccccc1)N1C[C@H](c2ccc(OCc3ccccc3)cc2)OCC1=O. The average Bonchev–Trinajstić information content (AvgIpc) is 2.79. The summed E-state index contributed by atoms with van der Waals surface area (Å²) in [5.74, 6) is 0.847. The number of carbonyl (C=O) groups excluding carboxylic acids is 1. The largest absolute Gasteiger partial charge is 0.489 e. The molecule has 0 radical (unpaired) electrons. The van der Waals surface area contributed by atoms with Crippen LogP contribution in [0.5, 0.6) is 5.75 Å². The van der Waals surface area contributed by atoms with Crippen LogP contribution in [-0.4, -0.2) is 24.0 Å². The molecule has 3 aromatic rings. The Bertz CT molecular complexity index is 925. The second-order valence-corrected chi connectivity index (χ2v) is 7.28. The summed E-state index contributed by atoms with van der Waals surface area (Å²) in [4.78, 5) is 14.3. The minimum absolute atomic E-state index is 0.0172. The average molecular weight is 387 g/mol. The topological polar surface area (TPSA) is 38.8 Å². The first-order chi connectivity index (χ1) is 14.2. The van der Waals surface area contributed by atoms with Crippen molar-refractivity contribution < 1.29 is 14.3 Å². The van der Waals surface area contributed by atoms with Crippen LogP contribution in [0.15, 0.2) is 84.9 Å². The molecule has 4 heteroatoms. The van der Waals surface area contributed by atoms with E-state index in [0.717, 1.165) is 22.4 Å². The smallest absolute Gasteiger partial charge is 0.249 e. The molecule has 0 aliphatic carbocycles. The predicted molar refractivity (Wildman–Crippen MR) is 112 cm³/mol. The van der Waals surface area contributed by atoms with Gasteiger partial charge in [-0.1, -0.05) is 72.8 Å². The summed E-state index contributed by atoms with van der Waals surface area (Å²) in [6, 6.07) is 28.2. The minimum Gasteiger partial charge on any atom is -0.489 e.